The first-order valence-corrected chi connectivity index (χ1v) is 12.6. The second kappa shape index (κ2) is 8.74. The molecule has 1 aromatic heterocycles. The van der Waals surface area contributed by atoms with Crippen molar-refractivity contribution in [3.05, 3.63) is 52.0 Å². The zero-order chi connectivity index (χ0) is 25.8. The van der Waals surface area contributed by atoms with Crippen LogP contribution in [0.5, 0.6) is 0 Å². The van der Waals surface area contributed by atoms with Crippen LogP contribution in [-0.2, 0) is 19.5 Å². The predicted molar refractivity (Wildman–Crippen MR) is 142 cm³/mol. The van der Waals surface area contributed by atoms with Crippen molar-refractivity contribution in [2.45, 2.75) is 78.4 Å². The van der Waals surface area contributed by atoms with Crippen molar-refractivity contribution in [2.24, 2.45) is 0 Å². The summed E-state index contributed by atoms with van der Waals surface area (Å²) >= 11 is 1.32. The number of nitrogens with zero attached hydrogens (tertiary/aromatic N) is 2. The Morgan fingerprint density at radius 3 is 2.43 bits per heavy atom. The SMILES string of the molecule is Cc1cc(C)c(C(C)(C)CC(=O)Nc2ccc3nc(C#N)sc3c2)c(B2OC(C)(C)C(C)(C)O2)c1. The van der Waals surface area contributed by atoms with Gasteiger partial charge in [0.1, 0.15) is 6.07 Å². The van der Waals surface area contributed by atoms with Crippen LogP contribution in [0.15, 0.2) is 30.3 Å². The van der Waals surface area contributed by atoms with Crippen LogP contribution in [0.1, 0.15) is 69.7 Å². The third kappa shape index (κ3) is 4.86. The largest absolute Gasteiger partial charge is 0.495 e. The zero-order valence-corrected chi connectivity index (χ0v) is 22.5. The van der Waals surface area contributed by atoms with E-state index in [0.717, 1.165) is 32.4 Å². The number of hydrogen-bond acceptors (Lipinski definition) is 6. The minimum absolute atomic E-state index is 0.0841. The van der Waals surface area contributed by atoms with E-state index >= 15 is 0 Å². The van der Waals surface area contributed by atoms with Crippen LogP contribution in [-0.4, -0.2) is 29.2 Å². The summed E-state index contributed by atoms with van der Waals surface area (Å²) in [5.74, 6) is -0.0841. The second-order valence-electron chi connectivity index (χ2n) is 11.1. The van der Waals surface area contributed by atoms with E-state index in [1.165, 1.54) is 11.3 Å². The molecule has 1 aliphatic rings. The fourth-order valence-corrected chi connectivity index (χ4v) is 5.63. The minimum Gasteiger partial charge on any atom is -0.399 e. The fraction of sp³-hybridized carbons (Fsp3) is 0.444. The topological polar surface area (TPSA) is 84.2 Å². The van der Waals surface area contributed by atoms with E-state index in [0.29, 0.717) is 10.7 Å². The number of carbonyl (C=O) groups excluding carboxylic acids is 1. The van der Waals surface area contributed by atoms with E-state index in [9.17, 15) is 4.79 Å². The maximum atomic E-state index is 13.2. The van der Waals surface area contributed by atoms with Crippen molar-refractivity contribution < 1.29 is 14.1 Å². The van der Waals surface area contributed by atoms with Crippen LogP contribution in [0, 0.1) is 25.2 Å². The average molecular weight is 489 g/mol. The molecule has 0 spiro atoms. The number of fused-ring (bicyclic) bond motifs is 1. The van der Waals surface area contributed by atoms with Crippen LogP contribution >= 0.6 is 11.3 Å². The van der Waals surface area contributed by atoms with Crippen LogP contribution in [0.25, 0.3) is 10.2 Å². The molecule has 182 valence electrons. The molecule has 1 aliphatic heterocycles. The summed E-state index contributed by atoms with van der Waals surface area (Å²) in [6, 6.07) is 11.9. The van der Waals surface area contributed by atoms with Gasteiger partial charge in [0.2, 0.25) is 5.91 Å². The van der Waals surface area contributed by atoms with Crippen LogP contribution in [0.3, 0.4) is 0 Å². The van der Waals surface area contributed by atoms with E-state index in [2.05, 4.69) is 56.2 Å². The Balaban J connectivity index is 1.61. The Kier molecular flexibility index (Phi) is 6.33. The number of carbonyl (C=O) groups is 1. The van der Waals surface area contributed by atoms with Gasteiger partial charge in [-0.15, -0.1) is 11.3 Å². The summed E-state index contributed by atoms with van der Waals surface area (Å²) in [6.45, 7) is 16.5. The van der Waals surface area contributed by atoms with E-state index in [1.54, 1.807) is 0 Å². The van der Waals surface area contributed by atoms with Crippen molar-refractivity contribution >= 4 is 45.7 Å². The highest BCUT2D eigenvalue weighted by Gasteiger charge is 2.53. The molecule has 0 atom stereocenters. The van der Waals surface area contributed by atoms with Crippen molar-refractivity contribution in [1.29, 1.82) is 5.26 Å². The molecular formula is C27H32BN3O3S. The highest BCUT2D eigenvalue weighted by Crippen LogP contribution is 2.38. The van der Waals surface area contributed by atoms with E-state index < -0.39 is 23.7 Å². The van der Waals surface area contributed by atoms with Gasteiger partial charge in [0.05, 0.1) is 21.4 Å². The van der Waals surface area contributed by atoms with E-state index in [-0.39, 0.29) is 12.3 Å². The number of aromatic nitrogens is 1. The highest BCUT2D eigenvalue weighted by atomic mass is 32.1. The number of nitrogens with one attached hydrogen (secondary N) is 1. The number of thiazole rings is 1. The number of hydrogen-bond donors (Lipinski definition) is 1. The first-order chi connectivity index (χ1) is 16.2. The summed E-state index contributed by atoms with van der Waals surface area (Å²) < 4.78 is 13.7. The van der Waals surface area contributed by atoms with Crippen molar-refractivity contribution in [3.63, 3.8) is 0 Å². The molecule has 1 fully saturated rings. The monoisotopic (exact) mass is 489 g/mol. The van der Waals surface area contributed by atoms with Crippen molar-refractivity contribution in [2.75, 3.05) is 5.32 Å². The quantitative estimate of drug-likeness (QED) is 0.486. The van der Waals surface area contributed by atoms with Gasteiger partial charge >= 0.3 is 7.12 Å². The number of aryl methyl sites for hydroxylation is 2. The smallest absolute Gasteiger partial charge is 0.399 e. The van der Waals surface area contributed by atoms with Gasteiger partial charge in [0.15, 0.2) is 5.01 Å². The lowest BCUT2D eigenvalue weighted by Crippen LogP contribution is -2.42. The maximum absolute atomic E-state index is 13.2. The molecule has 0 aliphatic carbocycles. The van der Waals surface area contributed by atoms with Gasteiger partial charge in [0, 0.05) is 12.1 Å². The highest BCUT2D eigenvalue weighted by molar-refractivity contribution is 7.19. The van der Waals surface area contributed by atoms with Crippen LogP contribution in [0.2, 0.25) is 0 Å². The molecule has 4 rings (SSSR count). The summed E-state index contributed by atoms with van der Waals surface area (Å²) in [5, 5.41) is 12.5. The summed E-state index contributed by atoms with van der Waals surface area (Å²) in [4.78, 5) is 17.4. The molecule has 0 unspecified atom stereocenters. The first kappa shape index (κ1) is 25.4. The molecule has 0 radical (unpaired) electrons. The second-order valence-corrected chi connectivity index (χ2v) is 12.1. The van der Waals surface area contributed by atoms with Crippen molar-refractivity contribution in [1.82, 2.24) is 4.98 Å². The molecular weight excluding hydrogens is 457 g/mol. The number of nitriles is 1. The zero-order valence-electron chi connectivity index (χ0n) is 21.7. The number of amides is 1. The van der Waals surface area contributed by atoms with E-state index in [1.807, 2.05) is 45.9 Å². The lowest BCUT2D eigenvalue weighted by molar-refractivity contribution is -0.117. The Labute approximate surface area is 211 Å². The number of benzene rings is 2. The molecule has 6 nitrogen and oxygen atoms in total. The number of anilines is 1. The molecule has 0 saturated carbocycles. The average Bonchev–Trinajstić information content (AvgIpc) is 3.23. The Hall–Kier alpha value is -2.73. The lowest BCUT2D eigenvalue weighted by Gasteiger charge is -2.32. The van der Waals surface area contributed by atoms with Crippen LogP contribution < -0.4 is 10.8 Å². The lowest BCUT2D eigenvalue weighted by atomic mass is 9.66. The van der Waals surface area contributed by atoms with Gasteiger partial charge in [0.25, 0.3) is 0 Å². The third-order valence-corrected chi connectivity index (χ3v) is 7.99. The van der Waals surface area contributed by atoms with Gasteiger partial charge in [-0.2, -0.15) is 5.26 Å². The molecule has 3 aromatic rings. The van der Waals surface area contributed by atoms with Gasteiger partial charge in [-0.3, -0.25) is 4.79 Å². The van der Waals surface area contributed by atoms with Gasteiger partial charge in [-0.1, -0.05) is 31.5 Å². The number of rotatable bonds is 5. The molecule has 2 heterocycles. The Morgan fingerprint density at radius 2 is 1.80 bits per heavy atom. The maximum Gasteiger partial charge on any atom is 0.495 e. The molecule has 1 amide bonds. The van der Waals surface area contributed by atoms with Gasteiger partial charge < -0.3 is 14.6 Å². The molecule has 8 heteroatoms. The Bertz CT molecular complexity index is 1340. The van der Waals surface area contributed by atoms with Gasteiger partial charge in [-0.25, -0.2) is 4.98 Å². The molecule has 1 N–H and O–H groups in total. The predicted octanol–water partition coefficient (Wildman–Crippen LogP) is 5.39. The summed E-state index contributed by atoms with van der Waals surface area (Å²) in [6.07, 6.45) is 0.285. The van der Waals surface area contributed by atoms with E-state index in [4.69, 9.17) is 14.6 Å². The standard InChI is InChI=1S/C27H32BN3O3S/c1-16-11-17(2)24(19(12-16)28-33-26(5,6)27(7,8)34-28)25(3,4)14-22(32)30-18-9-10-20-21(13-18)35-23(15-29)31-20/h9-13H,14H2,1-8H3,(H,30,32). The molecule has 2 aromatic carbocycles. The van der Waals surface area contributed by atoms with Crippen molar-refractivity contribution in [3.8, 4) is 6.07 Å². The molecule has 0 bridgehead atoms. The Morgan fingerprint density at radius 1 is 1.14 bits per heavy atom. The molecule has 1 saturated heterocycles. The summed E-state index contributed by atoms with van der Waals surface area (Å²) in [7, 11) is -0.501. The fourth-order valence-electron chi connectivity index (χ4n) is 4.83. The van der Waals surface area contributed by atoms with Gasteiger partial charge in [-0.05, 0) is 81.7 Å². The minimum atomic E-state index is -0.501. The first-order valence-electron chi connectivity index (χ1n) is 11.8. The normalized spacial score (nSPS) is 16.9. The van der Waals surface area contributed by atoms with Crippen LogP contribution in [0.4, 0.5) is 5.69 Å². The third-order valence-electron chi connectivity index (χ3n) is 7.06. The molecule has 35 heavy (non-hydrogen) atoms. The summed E-state index contributed by atoms with van der Waals surface area (Å²) in [5.41, 5.74) is 4.38.